The summed E-state index contributed by atoms with van der Waals surface area (Å²) < 4.78 is 17.7. The summed E-state index contributed by atoms with van der Waals surface area (Å²) in [6.45, 7) is 3.66. The lowest BCUT2D eigenvalue weighted by Gasteiger charge is -2.49. The second-order valence-corrected chi connectivity index (χ2v) is 9.15. The first-order valence-corrected chi connectivity index (χ1v) is 9.21. The predicted octanol–water partition coefficient (Wildman–Crippen LogP) is 1.16. The molecule has 1 heterocycles. The van der Waals surface area contributed by atoms with Crippen LogP contribution in [0.15, 0.2) is 0 Å². The number of methoxy groups -OCH3 is 1. The van der Waals surface area contributed by atoms with Gasteiger partial charge in [-0.05, 0) is 25.8 Å². The zero-order valence-electron chi connectivity index (χ0n) is 12.8. The van der Waals surface area contributed by atoms with E-state index >= 15 is 0 Å². The van der Waals surface area contributed by atoms with E-state index in [1.165, 1.54) is 12.8 Å². The largest absolute Gasteiger partial charge is 0.396 e. The van der Waals surface area contributed by atoms with E-state index < -0.39 is 8.56 Å². The molecule has 5 nitrogen and oxygen atoms in total. The summed E-state index contributed by atoms with van der Waals surface area (Å²) in [4.78, 5) is 0. The predicted molar refractivity (Wildman–Crippen MR) is 79.3 cm³/mol. The van der Waals surface area contributed by atoms with E-state index in [2.05, 4.69) is 12.2 Å². The second kappa shape index (κ2) is 7.71. The summed E-state index contributed by atoms with van der Waals surface area (Å²) >= 11 is 0. The van der Waals surface area contributed by atoms with Gasteiger partial charge in [-0.25, -0.2) is 0 Å². The van der Waals surface area contributed by atoms with Crippen LogP contribution in [-0.4, -0.2) is 54.2 Å². The van der Waals surface area contributed by atoms with E-state index in [0.717, 1.165) is 25.4 Å². The maximum atomic E-state index is 5.97. The van der Waals surface area contributed by atoms with Crippen molar-refractivity contribution < 1.29 is 13.6 Å². The Kier molecular flexibility index (Phi) is 6.92. The van der Waals surface area contributed by atoms with Gasteiger partial charge < -0.3 is 24.6 Å². The van der Waals surface area contributed by atoms with Crippen LogP contribution in [0.4, 0.5) is 0 Å². The van der Waals surface area contributed by atoms with Crippen LogP contribution in [0.1, 0.15) is 32.6 Å². The minimum Gasteiger partial charge on any atom is -0.396 e. The van der Waals surface area contributed by atoms with Gasteiger partial charge in [0, 0.05) is 40.5 Å². The lowest BCUT2D eigenvalue weighted by molar-refractivity contribution is -0.0197. The average Bonchev–Trinajstić information content (AvgIpc) is 2.45. The van der Waals surface area contributed by atoms with Gasteiger partial charge in [-0.3, -0.25) is 0 Å². The van der Waals surface area contributed by atoms with Crippen molar-refractivity contribution in [3.05, 3.63) is 0 Å². The van der Waals surface area contributed by atoms with E-state index in [0.29, 0.717) is 12.6 Å². The fourth-order valence-electron chi connectivity index (χ4n) is 3.34. The van der Waals surface area contributed by atoms with Crippen LogP contribution in [0.2, 0.25) is 6.04 Å². The minimum atomic E-state index is -2.31. The zero-order chi connectivity index (χ0) is 14.4. The molecule has 0 aromatic carbocycles. The highest BCUT2D eigenvalue weighted by molar-refractivity contribution is 6.70. The Bertz CT molecular complexity index is 264. The zero-order valence-corrected chi connectivity index (χ0v) is 13.8. The third-order valence-electron chi connectivity index (χ3n) is 4.35. The molecule has 114 valence electrons. The van der Waals surface area contributed by atoms with Crippen LogP contribution in [0.3, 0.4) is 0 Å². The topological polar surface area (TPSA) is 65.7 Å². The van der Waals surface area contributed by atoms with Gasteiger partial charge in [0.1, 0.15) is 5.22 Å². The van der Waals surface area contributed by atoms with Crippen LogP contribution in [0, 0.1) is 0 Å². The molecule has 0 aromatic rings. The molecule has 2 atom stereocenters. The molecule has 19 heavy (non-hydrogen) atoms. The van der Waals surface area contributed by atoms with Crippen molar-refractivity contribution >= 4 is 8.56 Å². The van der Waals surface area contributed by atoms with Crippen LogP contribution < -0.4 is 11.1 Å². The summed E-state index contributed by atoms with van der Waals surface area (Å²) in [5.74, 6) is 0. The maximum absolute atomic E-state index is 5.97. The third-order valence-corrected chi connectivity index (χ3v) is 8.73. The third kappa shape index (κ3) is 3.56. The molecule has 0 radical (unpaired) electrons. The Balaban J connectivity index is 2.84. The minimum absolute atomic E-state index is 0.254. The van der Waals surface area contributed by atoms with Gasteiger partial charge in [0.15, 0.2) is 0 Å². The van der Waals surface area contributed by atoms with Crippen molar-refractivity contribution in [1.82, 2.24) is 5.32 Å². The molecule has 6 heteroatoms. The summed E-state index contributed by atoms with van der Waals surface area (Å²) in [5, 5.41) is 3.18. The molecule has 3 N–H and O–H groups in total. The smallest absolute Gasteiger partial charge is 0.370 e. The van der Waals surface area contributed by atoms with Crippen molar-refractivity contribution in [3.63, 3.8) is 0 Å². The highest BCUT2D eigenvalue weighted by Gasteiger charge is 2.59. The standard InChI is InChI=1S/C13H30N2O3Si/c1-12(15-9-8-14)11-13(16-2)7-5-6-10-19(13,17-3)18-4/h12,15H,5-11,14H2,1-4H3. The molecule has 0 bridgehead atoms. The fourth-order valence-corrected chi connectivity index (χ4v) is 7.32. The number of ether oxygens (including phenoxy) is 1. The first-order chi connectivity index (χ1) is 9.09. The second-order valence-electron chi connectivity index (χ2n) is 5.41. The lowest BCUT2D eigenvalue weighted by Crippen LogP contribution is -2.66. The summed E-state index contributed by atoms with van der Waals surface area (Å²) in [5.41, 5.74) is 5.55. The van der Waals surface area contributed by atoms with Crippen molar-refractivity contribution in [2.24, 2.45) is 5.73 Å². The number of rotatable bonds is 8. The average molecular weight is 290 g/mol. The first-order valence-electron chi connectivity index (χ1n) is 7.18. The molecular weight excluding hydrogens is 260 g/mol. The molecule has 0 amide bonds. The number of hydrogen-bond acceptors (Lipinski definition) is 5. The van der Waals surface area contributed by atoms with Crippen molar-refractivity contribution in [2.45, 2.75) is 49.9 Å². The molecule has 1 saturated heterocycles. The van der Waals surface area contributed by atoms with Gasteiger partial charge in [0.25, 0.3) is 0 Å². The lowest BCUT2D eigenvalue weighted by atomic mass is 10.0. The van der Waals surface area contributed by atoms with Crippen molar-refractivity contribution in [3.8, 4) is 0 Å². The molecule has 1 rings (SSSR count). The Morgan fingerprint density at radius 1 is 1.26 bits per heavy atom. The first kappa shape index (κ1) is 17.1. The maximum Gasteiger partial charge on any atom is 0.370 e. The SMILES string of the molecule is COC1(CC(C)NCCN)CCCC[Si]1(OC)OC. The van der Waals surface area contributed by atoms with E-state index in [1.54, 1.807) is 21.3 Å². The van der Waals surface area contributed by atoms with Gasteiger partial charge in [-0.15, -0.1) is 0 Å². The monoisotopic (exact) mass is 290 g/mol. The van der Waals surface area contributed by atoms with Gasteiger partial charge in [-0.1, -0.05) is 12.8 Å². The van der Waals surface area contributed by atoms with Gasteiger partial charge in [0.2, 0.25) is 0 Å². The van der Waals surface area contributed by atoms with Crippen LogP contribution >= 0.6 is 0 Å². The highest BCUT2D eigenvalue weighted by Crippen LogP contribution is 2.42. The summed E-state index contributed by atoms with van der Waals surface area (Å²) in [6, 6.07) is 1.36. The molecule has 1 aliphatic rings. The number of nitrogens with one attached hydrogen (secondary N) is 1. The van der Waals surface area contributed by atoms with Gasteiger partial charge in [-0.2, -0.15) is 0 Å². The molecule has 2 unspecified atom stereocenters. The Hall–Kier alpha value is 0.0169. The molecule has 0 aromatic heterocycles. The number of hydrogen-bond donors (Lipinski definition) is 2. The Morgan fingerprint density at radius 3 is 2.47 bits per heavy atom. The normalized spacial score (nSPS) is 28.3. The van der Waals surface area contributed by atoms with E-state index in [1.807, 2.05) is 0 Å². The molecule has 1 fully saturated rings. The van der Waals surface area contributed by atoms with Crippen LogP contribution in [0.25, 0.3) is 0 Å². The Labute approximate surface area is 118 Å². The van der Waals surface area contributed by atoms with Crippen molar-refractivity contribution in [1.29, 1.82) is 0 Å². The van der Waals surface area contributed by atoms with Crippen molar-refractivity contribution in [2.75, 3.05) is 34.4 Å². The van der Waals surface area contributed by atoms with Crippen LogP contribution in [-0.2, 0) is 13.6 Å². The molecule has 1 aliphatic heterocycles. The van der Waals surface area contributed by atoms with Gasteiger partial charge >= 0.3 is 8.56 Å². The van der Waals surface area contributed by atoms with Gasteiger partial charge in [0.05, 0.1) is 0 Å². The van der Waals surface area contributed by atoms with E-state index in [-0.39, 0.29) is 5.22 Å². The molecule has 0 aliphatic carbocycles. The molecule has 0 spiro atoms. The fraction of sp³-hybridized carbons (Fsp3) is 1.00. The summed E-state index contributed by atoms with van der Waals surface area (Å²) in [6.07, 6.45) is 4.28. The molecule has 0 saturated carbocycles. The van der Waals surface area contributed by atoms with Crippen LogP contribution in [0.5, 0.6) is 0 Å². The summed E-state index contributed by atoms with van der Waals surface area (Å²) in [7, 11) is 3.03. The Morgan fingerprint density at radius 2 is 1.95 bits per heavy atom. The van der Waals surface area contributed by atoms with E-state index in [9.17, 15) is 0 Å². The number of nitrogens with two attached hydrogens (primary N) is 1. The molecular formula is C13H30N2O3Si. The quantitative estimate of drug-likeness (QED) is 0.657. The van der Waals surface area contributed by atoms with E-state index in [4.69, 9.17) is 19.3 Å². The highest BCUT2D eigenvalue weighted by atomic mass is 28.4.